The number of carbonyl (C=O) groups excluding carboxylic acids is 2. The summed E-state index contributed by atoms with van der Waals surface area (Å²) in [4.78, 5) is 24.7. The second kappa shape index (κ2) is 9.58. The van der Waals surface area contributed by atoms with Crippen LogP contribution in [0.15, 0.2) is 42.5 Å². The van der Waals surface area contributed by atoms with Gasteiger partial charge in [0.15, 0.2) is 6.54 Å². The minimum absolute atomic E-state index is 0. The zero-order valence-electron chi connectivity index (χ0n) is 14.2. The Balaban J connectivity index is 0.00000338. The normalized spacial score (nSPS) is 10.8. The molecule has 0 saturated heterocycles. The molecule has 2 aromatic rings. The first-order valence-electron chi connectivity index (χ1n) is 7.52. The van der Waals surface area contributed by atoms with Crippen LogP contribution in [0.25, 0.3) is 0 Å². The molecule has 4 nitrogen and oxygen atoms in total. The van der Waals surface area contributed by atoms with E-state index >= 15 is 0 Å². The molecule has 0 aliphatic heterocycles. The topological polar surface area (TPSA) is 46.2 Å². The van der Waals surface area contributed by atoms with Crippen LogP contribution in [0, 0.1) is 0 Å². The highest BCUT2D eigenvalue weighted by Crippen LogP contribution is 2.23. The van der Waals surface area contributed by atoms with Crippen molar-refractivity contribution in [1.29, 1.82) is 0 Å². The Labute approximate surface area is 174 Å². The van der Waals surface area contributed by atoms with E-state index in [2.05, 4.69) is 5.32 Å². The molecule has 2 aromatic carbocycles. The Bertz CT molecular complexity index is 792. The number of rotatable bonds is 6. The van der Waals surface area contributed by atoms with Gasteiger partial charge in [-0.1, -0.05) is 34.8 Å². The Morgan fingerprint density at radius 3 is 2.12 bits per heavy atom. The lowest BCUT2D eigenvalue weighted by Crippen LogP contribution is -3.00. The maximum Gasteiger partial charge on any atom is 0.279 e. The van der Waals surface area contributed by atoms with Crippen molar-refractivity contribution in [3.8, 4) is 0 Å². The van der Waals surface area contributed by atoms with Crippen molar-refractivity contribution in [2.45, 2.75) is 0 Å². The van der Waals surface area contributed by atoms with Crippen molar-refractivity contribution in [2.75, 3.05) is 32.5 Å². The van der Waals surface area contributed by atoms with Crippen LogP contribution in [0.2, 0.25) is 15.1 Å². The van der Waals surface area contributed by atoms with Crippen molar-refractivity contribution in [1.82, 2.24) is 0 Å². The molecule has 2 rings (SSSR count). The largest absolute Gasteiger partial charge is 1.00 e. The first-order chi connectivity index (χ1) is 11.7. The number of anilines is 1. The van der Waals surface area contributed by atoms with E-state index in [1.807, 2.05) is 14.1 Å². The van der Waals surface area contributed by atoms with Gasteiger partial charge in [0.2, 0.25) is 5.78 Å². The quantitative estimate of drug-likeness (QED) is 0.552. The van der Waals surface area contributed by atoms with Crippen LogP contribution in [0.1, 0.15) is 10.4 Å². The summed E-state index contributed by atoms with van der Waals surface area (Å²) < 4.78 is 0.207. The number of hydrogen-bond donors (Lipinski definition) is 1. The molecular weight excluding hydrogens is 418 g/mol. The molecule has 1 N–H and O–H groups in total. The molecule has 0 saturated carbocycles. The third kappa shape index (κ3) is 6.78. The van der Waals surface area contributed by atoms with E-state index < -0.39 is 0 Å². The summed E-state index contributed by atoms with van der Waals surface area (Å²) in [7, 11) is 3.63. The lowest BCUT2D eigenvalue weighted by atomic mass is 10.1. The number of nitrogens with zero attached hydrogens (tertiary/aromatic N) is 1. The smallest absolute Gasteiger partial charge is 0.279 e. The molecule has 0 bridgehead atoms. The summed E-state index contributed by atoms with van der Waals surface area (Å²) in [5.41, 5.74) is 1.13. The molecule has 0 aromatic heterocycles. The molecular formula is C18H18Cl4N2O2. The number of amides is 1. The highest BCUT2D eigenvalue weighted by molar-refractivity contribution is 6.42. The monoisotopic (exact) mass is 434 g/mol. The van der Waals surface area contributed by atoms with Gasteiger partial charge >= 0.3 is 0 Å². The Morgan fingerprint density at radius 1 is 0.923 bits per heavy atom. The van der Waals surface area contributed by atoms with Crippen LogP contribution in [0.4, 0.5) is 5.69 Å². The van der Waals surface area contributed by atoms with Crippen molar-refractivity contribution >= 4 is 52.2 Å². The van der Waals surface area contributed by atoms with Crippen LogP contribution >= 0.6 is 34.8 Å². The minimum Gasteiger partial charge on any atom is -1.00 e. The Kier molecular flexibility index (Phi) is 8.38. The number of halogens is 4. The highest BCUT2D eigenvalue weighted by atomic mass is 35.5. The van der Waals surface area contributed by atoms with Gasteiger partial charge in [-0.3, -0.25) is 9.59 Å². The SMILES string of the molecule is C[N+](C)(CC(=O)Nc1ccc(Cl)cc1)CC(=O)c1ccc(Cl)c(Cl)c1.[Cl-]. The number of Topliss-reactive ketones (excluding diaryl/α,β-unsaturated/α-hetero) is 1. The van der Waals surface area contributed by atoms with E-state index in [1.165, 1.54) is 0 Å². The lowest BCUT2D eigenvalue weighted by Gasteiger charge is -2.28. The molecule has 0 unspecified atom stereocenters. The molecule has 140 valence electrons. The van der Waals surface area contributed by atoms with Gasteiger partial charge < -0.3 is 22.2 Å². The molecule has 0 atom stereocenters. The van der Waals surface area contributed by atoms with Crippen LogP contribution in [-0.2, 0) is 4.79 Å². The molecule has 26 heavy (non-hydrogen) atoms. The first kappa shape index (κ1) is 22.7. The van der Waals surface area contributed by atoms with E-state index in [4.69, 9.17) is 34.8 Å². The molecule has 8 heteroatoms. The summed E-state index contributed by atoms with van der Waals surface area (Å²) in [6.07, 6.45) is 0. The molecule has 0 aliphatic rings. The Hall–Kier alpha value is -1.30. The maximum absolute atomic E-state index is 12.4. The van der Waals surface area contributed by atoms with E-state index in [9.17, 15) is 9.59 Å². The predicted molar refractivity (Wildman–Crippen MR) is 103 cm³/mol. The van der Waals surface area contributed by atoms with Gasteiger partial charge in [-0.15, -0.1) is 0 Å². The first-order valence-corrected chi connectivity index (χ1v) is 8.65. The van der Waals surface area contributed by atoms with Crippen LogP contribution in [-0.4, -0.2) is 43.4 Å². The van der Waals surface area contributed by atoms with Crippen molar-refractivity contribution in [3.05, 3.63) is 63.1 Å². The molecule has 0 spiro atoms. The number of ketones is 1. The third-order valence-electron chi connectivity index (χ3n) is 3.51. The van der Waals surface area contributed by atoms with Crippen LogP contribution < -0.4 is 17.7 Å². The van der Waals surface area contributed by atoms with Crippen LogP contribution in [0.5, 0.6) is 0 Å². The van der Waals surface area contributed by atoms with Crippen LogP contribution in [0.3, 0.4) is 0 Å². The van der Waals surface area contributed by atoms with Gasteiger partial charge in [-0.25, -0.2) is 0 Å². The summed E-state index contributed by atoms with van der Waals surface area (Å²) in [5.74, 6) is -0.294. The third-order valence-corrected chi connectivity index (χ3v) is 4.50. The zero-order valence-corrected chi connectivity index (χ0v) is 17.3. The molecule has 0 fully saturated rings. The molecule has 0 radical (unpaired) electrons. The Morgan fingerprint density at radius 2 is 1.54 bits per heavy atom. The summed E-state index contributed by atoms with van der Waals surface area (Å²) >= 11 is 17.6. The predicted octanol–water partition coefficient (Wildman–Crippen LogP) is 1.55. The average molecular weight is 436 g/mol. The van der Waals surface area contributed by atoms with Crippen molar-refractivity contribution in [2.24, 2.45) is 0 Å². The van der Waals surface area contributed by atoms with Crippen molar-refractivity contribution in [3.63, 3.8) is 0 Å². The van der Waals surface area contributed by atoms with Crippen molar-refractivity contribution < 1.29 is 26.5 Å². The summed E-state index contributed by atoms with van der Waals surface area (Å²) in [5, 5.41) is 4.12. The van der Waals surface area contributed by atoms with E-state index in [-0.39, 0.29) is 41.7 Å². The minimum atomic E-state index is -0.186. The number of benzene rings is 2. The van der Waals surface area contributed by atoms with E-state index in [0.717, 1.165) is 0 Å². The fourth-order valence-corrected chi connectivity index (χ4v) is 2.75. The highest BCUT2D eigenvalue weighted by Gasteiger charge is 2.25. The fourth-order valence-electron chi connectivity index (χ4n) is 2.33. The van der Waals surface area contributed by atoms with Gasteiger partial charge in [0, 0.05) is 16.3 Å². The van der Waals surface area contributed by atoms with Gasteiger partial charge in [-0.2, -0.15) is 0 Å². The average Bonchev–Trinajstić information content (AvgIpc) is 2.51. The lowest BCUT2D eigenvalue weighted by molar-refractivity contribution is -0.873. The number of likely N-dealkylation sites (N-methyl/N-ethyl adjacent to an activating group) is 1. The summed E-state index contributed by atoms with van der Waals surface area (Å²) in [6.45, 7) is 0.307. The number of nitrogens with one attached hydrogen (secondary N) is 1. The maximum atomic E-state index is 12.4. The number of quaternary nitrogens is 1. The van der Waals surface area contributed by atoms with Gasteiger partial charge in [0.25, 0.3) is 5.91 Å². The number of hydrogen-bond acceptors (Lipinski definition) is 2. The van der Waals surface area contributed by atoms with E-state index in [1.54, 1.807) is 42.5 Å². The fraction of sp³-hybridized carbons (Fsp3) is 0.222. The van der Waals surface area contributed by atoms with E-state index in [0.29, 0.717) is 26.3 Å². The molecule has 0 heterocycles. The van der Waals surface area contributed by atoms with Gasteiger partial charge in [-0.05, 0) is 42.5 Å². The zero-order chi connectivity index (χ0) is 18.6. The van der Waals surface area contributed by atoms with Gasteiger partial charge in [0.1, 0.15) is 6.54 Å². The summed E-state index contributed by atoms with van der Waals surface area (Å²) in [6, 6.07) is 11.6. The number of carbonyl (C=O) groups is 2. The standard InChI is InChI=1S/C18H17Cl3N2O2.ClH/c1-23(2,10-17(24)12-3-8-15(20)16(21)9-12)11-18(25)22-14-6-4-13(19)5-7-14;/h3-9H,10-11H2,1-2H3;1H. The van der Waals surface area contributed by atoms with Gasteiger partial charge in [0.05, 0.1) is 24.1 Å². The molecule has 0 aliphatic carbocycles. The second-order valence-corrected chi connectivity index (χ2v) is 7.61. The molecule has 1 amide bonds. The second-order valence-electron chi connectivity index (χ2n) is 6.36.